The number of halogens is 1. The first kappa shape index (κ1) is 17.1. The van der Waals surface area contributed by atoms with E-state index >= 15 is 0 Å². The molecule has 0 heterocycles. The van der Waals surface area contributed by atoms with Crippen molar-refractivity contribution >= 4 is 17.1 Å². The first-order valence-corrected chi connectivity index (χ1v) is 7.66. The molecule has 0 aliphatic carbocycles. The molecule has 0 unspecified atom stereocenters. The molecule has 26 heavy (non-hydrogen) atoms. The fourth-order valence-electron chi connectivity index (χ4n) is 2.30. The van der Waals surface area contributed by atoms with Crippen LogP contribution in [-0.2, 0) is 0 Å². The van der Waals surface area contributed by atoms with Gasteiger partial charge in [-0.2, -0.15) is 5.10 Å². The van der Waals surface area contributed by atoms with Crippen LogP contribution in [0.2, 0.25) is 0 Å². The fourth-order valence-corrected chi connectivity index (χ4v) is 2.30. The van der Waals surface area contributed by atoms with Crippen molar-refractivity contribution in [3.05, 3.63) is 99.9 Å². The van der Waals surface area contributed by atoms with E-state index in [1.54, 1.807) is 36.4 Å². The van der Waals surface area contributed by atoms with Crippen molar-refractivity contribution in [2.24, 2.45) is 5.10 Å². The van der Waals surface area contributed by atoms with Crippen molar-refractivity contribution in [1.29, 1.82) is 0 Å². The Bertz CT molecular complexity index is 890. The Kier molecular flexibility index (Phi) is 4.89. The second-order valence-electron chi connectivity index (χ2n) is 5.43. The van der Waals surface area contributed by atoms with Crippen LogP contribution in [0.1, 0.15) is 11.1 Å². The second-order valence-corrected chi connectivity index (χ2v) is 5.43. The van der Waals surface area contributed by atoms with E-state index in [0.29, 0.717) is 22.5 Å². The highest BCUT2D eigenvalue weighted by Gasteiger charge is 2.09. The zero-order valence-corrected chi connectivity index (χ0v) is 13.5. The molecular formula is C19H14FN3O3. The number of aromatic hydroxyl groups is 1. The lowest BCUT2D eigenvalue weighted by Gasteiger charge is -2.09. The van der Waals surface area contributed by atoms with Crippen LogP contribution in [0, 0.1) is 15.9 Å². The Labute approximate surface area is 148 Å². The molecule has 0 saturated heterocycles. The number of hydrogen-bond acceptors (Lipinski definition) is 5. The van der Waals surface area contributed by atoms with Gasteiger partial charge in [-0.1, -0.05) is 0 Å². The number of nitrogens with one attached hydrogen (secondary N) is 1. The minimum atomic E-state index is -0.479. The summed E-state index contributed by atoms with van der Waals surface area (Å²) < 4.78 is 13.2. The van der Waals surface area contributed by atoms with Gasteiger partial charge in [0.15, 0.2) is 0 Å². The molecule has 0 aliphatic rings. The number of benzene rings is 3. The number of phenols is 1. The maximum absolute atomic E-state index is 13.2. The highest BCUT2D eigenvalue weighted by Crippen LogP contribution is 2.18. The van der Waals surface area contributed by atoms with Crippen molar-refractivity contribution in [3.63, 3.8) is 0 Å². The molecule has 3 aromatic rings. The molecule has 0 aliphatic heterocycles. The molecule has 3 aromatic carbocycles. The lowest BCUT2D eigenvalue weighted by molar-refractivity contribution is -0.384. The van der Waals surface area contributed by atoms with Crippen LogP contribution < -0.4 is 5.43 Å². The average molecular weight is 351 g/mol. The highest BCUT2D eigenvalue weighted by molar-refractivity contribution is 6.13. The molecule has 0 aromatic heterocycles. The van der Waals surface area contributed by atoms with Crippen molar-refractivity contribution in [1.82, 2.24) is 0 Å². The number of non-ortho nitro benzene ring substituents is 1. The van der Waals surface area contributed by atoms with Gasteiger partial charge >= 0.3 is 0 Å². The molecule has 0 spiro atoms. The van der Waals surface area contributed by atoms with Crippen LogP contribution in [-0.4, -0.2) is 15.7 Å². The van der Waals surface area contributed by atoms with Crippen LogP contribution >= 0.6 is 0 Å². The predicted octanol–water partition coefficient (Wildman–Crippen LogP) is 4.30. The van der Waals surface area contributed by atoms with Crippen LogP contribution in [0.3, 0.4) is 0 Å². The zero-order valence-electron chi connectivity index (χ0n) is 13.5. The van der Waals surface area contributed by atoms with E-state index in [4.69, 9.17) is 0 Å². The molecule has 0 radical (unpaired) electrons. The molecule has 3 rings (SSSR count). The summed E-state index contributed by atoms with van der Waals surface area (Å²) in [5.74, 6) is -0.238. The van der Waals surface area contributed by atoms with Gasteiger partial charge < -0.3 is 5.11 Å². The van der Waals surface area contributed by atoms with E-state index in [9.17, 15) is 19.6 Å². The number of nitrogens with zero attached hydrogens (tertiary/aromatic N) is 2. The zero-order chi connectivity index (χ0) is 18.5. The first-order chi connectivity index (χ1) is 12.5. The van der Waals surface area contributed by atoms with Gasteiger partial charge in [0.1, 0.15) is 11.6 Å². The molecule has 0 amide bonds. The number of rotatable bonds is 5. The normalized spacial score (nSPS) is 11.2. The monoisotopic (exact) mass is 351 g/mol. The molecule has 0 fully saturated rings. The number of hydrogen-bond donors (Lipinski definition) is 2. The number of nitro groups is 1. The summed E-state index contributed by atoms with van der Waals surface area (Å²) in [5, 5.41) is 24.5. The summed E-state index contributed by atoms with van der Waals surface area (Å²) in [6, 6.07) is 18.1. The Morgan fingerprint density at radius 3 is 2.00 bits per heavy atom. The lowest BCUT2D eigenvalue weighted by atomic mass is 10.0. The van der Waals surface area contributed by atoms with Crippen molar-refractivity contribution < 1.29 is 14.4 Å². The van der Waals surface area contributed by atoms with Gasteiger partial charge in [-0.25, -0.2) is 4.39 Å². The smallest absolute Gasteiger partial charge is 0.269 e. The third kappa shape index (κ3) is 4.02. The molecule has 2 N–H and O–H groups in total. The quantitative estimate of drug-likeness (QED) is 0.407. The van der Waals surface area contributed by atoms with Crippen molar-refractivity contribution in [2.75, 3.05) is 5.43 Å². The molecule has 0 atom stereocenters. The average Bonchev–Trinajstić information content (AvgIpc) is 2.65. The van der Waals surface area contributed by atoms with Crippen molar-refractivity contribution in [2.45, 2.75) is 0 Å². The van der Waals surface area contributed by atoms with Gasteiger partial charge in [0.25, 0.3) is 5.69 Å². The minimum Gasteiger partial charge on any atom is -0.508 e. The van der Waals surface area contributed by atoms with E-state index in [-0.39, 0.29) is 17.3 Å². The highest BCUT2D eigenvalue weighted by atomic mass is 19.1. The molecular weight excluding hydrogens is 337 g/mol. The summed E-state index contributed by atoms with van der Waals surface area (Å²) in [7, 11) is 0. The molecule has 6 nitrogen and oxygen atoms in total. The van der Waals surface area contributed by atoms with Crippen LogP contribution in [0.15, 0.2) is 77.9 Å². The SMILES string of the molecule is O=[N+]([O-])c1ccc(N/N=C(\c2ccc(O)cc2)c2ccc(F)cc2)cc1. The number of hydrazone groups is 1. The number of phenolic OH excluding ortho intramolecular Hbond substituents is 1. The maximum atomic E-state index is 13.2. The van der Waals surface area contributed by atoms with Gasteiger partial charge in [-0.05, 0) is 60.7 Å². The van der Waals surface area contributed by atoms with Crippen molar-refractivity contribution in [3.8, 4) is 5.75 Å². The van der Waals surface area contributed by atoms with E-state index in [1.807, 2.05) is 0 Å². The first-order valence-electron chi connectivity index (χ1n) is 7.66. The van der Waals surface area contributed by atoms with Gasteiger partial charge in [0.05, 0.1) is 16.3 Å². The standard InChI is InChI=1S/C19H14FN3O3/c20-15-5-1-13(2-6-15)19(14-3-11-18(24)12-4-14)22-21-16-7-9-17(10-8-16)23(25)26/h1-12,21,24H/b22-19-. The maximum Gasteiger partial charge on any atom is 0.269 e. The van der Waals surface area contributed by atoms with Crippen LogP contribution in [0.4, 0.5) is 15.8 Å². The van der Waals surface area contributed by atoms with Crippen LogP contribution in [0.5, 0.6) is 5.75 Å². The minimum absolute atomic E-state index is 0.0168. The summed E-state index contributed by atoms with van der Waals surface area (Å²) >= 11 is 0. The predicted molar refractivity (Wildman–Crippen MR) is 96.9 cm³/mol. The number of anilines is 1. The molecule has 7 heteroatoms. The van der Waals surface area contributed by atoms with Gasteiger partial charge in [-0.15, -0.1) is 0 Å². The fraction of sp³-hybridized carbons (Fsp3) is 0. The largest absolute Gasteiger partial charge is 0.508 e. The second kappa shape index (κ2) is 7.43. The summed E-state index contributed by atoms with van der Waals surface area (Å²) in [5.41, 5.74) is 5.31. The van der Waals surface area contributed by atoms with Gasteiger partial charge in [0, 0.05) is 23.3 Å². The Morgan fingerprint density at radius 2 is 1.46 bits per heavy atom. The summed E-state index contributed by atoms with van der Waals surface area (Å²) in [4.78, 5) is 10.2. The molecule has 0 saturated carbocycles. The summed E-state index contributed by atoms with van der Waals surface area (Å²) in [6.07, 6.45) is 0. The van der Waals surface area contributed by atoms with Crippen LogP contribution in [0.25, 0.3) is 0 Å². The number of nitro benzene ring substituents is 1. The topological polar surface area (TPSA) is 87.8 Å². The van der Waals surface area contributed by atoms with E-state index in [2.05, 4.69) is 10.5 Å². The Morgan fingerprint density at radius 1 is 0.923 bits per heavy atom. The Hall–Kier alpha value is -3.74. The van der Waals surface area contributed by atoms with E-state index < -0.39 is 4.92 Å². The Balaban J connectivity index is 1.94. The third-order valence-electron chi connectivity index (χ3n) is 3.63. The van der Waals surface area contributed by atoms with E-state index in [1.165, 1.54) is 36.4 Å². The van der Waals surface area contributed by atoms with Gasteiger partial charge in [0.2, 0.25) is 0 Å². The molecule has 130 valence electrons. The summed E-state index contributed by atoms with van der Waals surface area (Å²) in [6.45, 7) is 0. The van der Waals surface area contributed by atoms with Gasteiger partial charge in [-0.3, -0.25) is 15.5 Å². The van der Waals surface area contributed by atoms with E-state index in [0.717, 1.165) is 0 Å². The molecule has 0 bridgehead atoms. The lowest BCUT2D eigenvalue weighted by Crippen LogP contribution is -2.06. The third-order valence-corrected chi connectivity index (χ3v) is 3.63.